The van der Waals surface area contributed by atoms with Crippen LogP contribution in [0.25, 0.3) is 0 Å². The van der Waals surface area contributed by atoms with E-state index in [2.05, 4.69) is 5.32 Å². The molecule has 0 aliphatic rings. The lowest BCUT2D eigenvalue weighted by Crippen LogP contribution is -2.02. The van der Waals surface area contributed by atoms with Gasteiger partial charge in [-0.05, 0) is 43.2 Å². The van der Waals surface area contributed by atoms with Gasteiger partial charge in [0.15, 0.2) is 0 Å². The Kier molecular flexibility index (Phi) is 3.94. The molecule has 0 heterocycles. The van der Waals surface area contributed by atoms with Crippen molar-refractivity contribution in [2.45, 2.75) is 20.4 Å². The second-order valence-electron chi connectivity index (χ2n) is 4.76. The Labute approximate surface area is 117 Å². The third kappa shape index (κ3) is 2.91. The van der Waals surface area contributed by atoms with Gasteiger partial charge < -0.3 is 15.5 Å². The second kappa shape index (κ2) is 5.65. The van der Waals surface area contributed by atoms with Crippen molar-refractivity contribution in [3.8, 4) is 5.75 Å². The molecule has 2 aromatic rings. The number of carbonyl (C=O) groups is 1. The molecule has 0 aliphatic heterocycles. The number of carboxylic acids is 1. The molecule has 0 aromatic heterocycles. The summed E-state index contributed by atoms with van der Waals surface area (Å²) in [6, 6.07) is 10.5. The Hall–Kier alpha value is -2.49. The van der Waals surface area contributed by atoms with Gasteiger partial charge in [-0.25, -0.2) is 4.79 Å². The molecule has 20 heavy (non-hydrogen) atoms. The molecule has 0 saturated heterocycles. The largest absolute Gasteiger partial charge is 0.507 e. The standard InChI is InChI=1S/C16H17NO3/c1-10-3-8-14(11(2)15(10)18)17-9-12-4-6-13(7-5-12)16(19)20/h3-8,17-18H,9H2,1-2H3,(H,19,20). The maximum Gasteiger partial charge on any atom is 0.335 e. The lowest BCUT2D eigenvalue weighted by atomic mass is 10.1. The number of aromatic carboxylic acids is 1. The summed E-state index contributed by atoms with van der Waals surface area (Å²) in [7, 11) is 0. The summed E-state index contributed by atoms with van der Waals surface area (Å²) in [5.41, 5.74) is 3.79. The Balaban J connectivity index is 2.09. The Bertz CT molecular complexity index is 633. The fourth-order valence-electron chi connectivity index (χ4n) is 1.99. The number of nitrogens with one attached hydrogen (secondary N) is 1. The number of carboxylic acid groups (broad SMARTS) is 1. The number of aromatic hydroxyl groups is 1. The van der Waals surface area contributed by atoms with E-state index in [9.17, 15) is 9.90 Å². The molecular formula is C16H17NO3. The van der Waals surface area contributed by atoms with Crippen LogP contribution in [0, 0.1) is 13.8 Å². The molecular weight excluding hydrogens is 254 g/mol. The van der Waals surface area contributed by atoms with Gasteiger partial charge in [0.05, 0.1) is 5.56 Å². The normalized spacial score (nSPS) is 10.3. The van der Waals surface area contributed by atoms with Crippen molar-refractivity contribution in [2.75, 3.05) is 5.32 Å². The Morgan fingerprint density at radius 1 is 1.10 bits per heavy atom. The number of rotatable bonds is 4. The second-order valence-corrected chi connectivity index (χ2v) is 4.76. The molecule has 0 spiro atoms. The molecule has 4 heteroatoms. The van der Waals surface area contributed by atoms with Gasteiger partial charge in [0.25, 0.3) is 0 Å². The van der Waals surface area contributed by atoms with Crippen molar-refractivity contribution < 1.29 is 15.0 Å². The fourth-order valence-corrected chi connectivity index (χ4v) is 1.99. The van der Waals surface area contributed by atoms with Crippen molar-refractivity contribution in [3.05, 3.63) is 58.7 Å². The molecule has 0 unspecified atom stereocenters. The molecule has 0 bridgehead atoms. The summed E-state index contributed by atoms with van der Waals surface area (Å²) in [6.45, 7) is 4.29. The Morgan fingerprint density at radius 2 is 1.75 bits per heavy atom. The highest BCUT2D eigenvalue weighted by molar-refractivity contribution is 5.87. The first-order valence-electron chi connectivity index (χ1n) is 6.34. The summed E-state index contributed by atoms with van der Waals surface area (Å²) >= 11 is 0. The van der Waals surface area contributed by atoms with Gasteiger partial charge in [0.1, 0.15) is 5.75 Å². The molecule has 0 aliphatic carbocycles. The summed E-state index contributed by atoms with van der Waals surface area (Å²) in [5, 5.41) is 21.9. The highest BCUT2D eigenvalue weighted by Gasteiger charge is 2.06. The van der Waals surface area contributed by atoms with Gasteiger partial charge >= 0.3 is 5.97 Å². The molecule has 0 saturated carbocycles. The zero-order chi connectivity index (χ0) is 14.7. The van der Waals surface area contributed by atoms with Gasteiger partial charge in [-0.2, -0.15) is 0 Å². The van der Waals surface area contributed by atoms with E-state index in [-0.39, 0.29) is 5.56 Å². The average molecular weight is 271 g/mol. The molecule has 104 valence electrons. The summed E-state index contributed by atoms with van der Waals surface area (Å²) in [6.07, 6.45) is 0. The Morgan fingerprint density at radius 3 is 2.35 bits per heavy atom. The molecule has 2 rings (SSSR count). The van der Waals surface area contributed by atoms with Crippen molar-refractivity contribution in [1.29, 1.82) is 0 Å². The lowest BCUT2D eigenvalue weighted by molar-refractivity contribution is 0.0697. The first kappa shape index (κ1) is 13.9. The summed E-state index contributed by atoms with van der Waals surface area (Å²) < 4.78 is 0. The van der Waals surface area contributed by atoms with Crippen LogP contribution >= 0.6 is 0 Å². The molecule has 4 nitrogen and oxygen atoms in total. The van der Waals surface area contributed by atoms with Crippen LogP contribution in [0.1, 0.15) is 27.0 Å². The average Bonchev–Trinajstić information content (AvgIpc) is 2.44. The minimum Gasteiger partial charge on any atom is -0.507 e. The van der Waals surface area contributed by atoms with E-state index >= 15 is 0 Å². The van der Waals surface area contributed by atoms with Gasteiger partial charge in [-0.15, -0.1) is 0 Å². The third-order valence-corrected chi connectivity index (χ3v) is 3.32. The quantitative estimate of drug-likeness (QED) is 0.798. The zero-order valence-electron chi connectivity index (χ0n) is 11.5. The van der Waals surface area contributed by atoms with Gasteiger partial charge in [-0.1, -0.05) is 18.2 Å². The van der Waals surface area contributed by atoms with E-state index in [1.165, 1.54) is 0 Å². The smallest absolute Gasteiger partial charge is 0.335 e. The third-order valence-electron chi connectivity index (χ3n) is 3.32. The highest BCUT2D eigenvalue weighted by atomic mass is 16.4. The molecule has 2 aromatic carbocycles. The minimum absolute atomic E-state index is 0.276. The van der Waals surface area contributed by atoms with Crippen LogP contribution in [-0.4, -0.2) is 16.2 Å². The zero-order valence-corrected chi connectivity index (χ0v) is 11.5. The van der Waals surface area contributed by atoms with Crippen molar-refractivity contribution in [3.63, 3.8) is 0 Å². The van der Waals surface area contributed by atoms with E-state index in [4.69, 9.17) is 5.11 Å². The summed E-state index contributed by atoms with van der Waals surface area (Å²) in [4.78, 5) is 10.8. The first-order valence-corrected chi connectivity index (χ1v) is 6.34. The molecule has 0 radical (unpaired) electrons. The first-order chi connectivity index (χ1) is 9.49. The van der Waals surface area contributed by atoms with Gasteiger partial charge in [0.2, 0.25) is 0 Å². The number of hydrogen-bond donors (Lipinski definition) is 3. The summed E-state index contributed by atoms with van der Waals surface area (Å²) in [5.74, 6) is -0.625. The minimum atomic E-state index is -0.927. The predicted molar refractivity (Wildman–Crippen MR) is 78.3 cm³/mol. The number of aryl methyl sites for hydroxylation is 1. The monoisotopic (exact) mass is 271 g/mol. The van der Waals surface area contributed by atoms with Crippen LogP contribution < -0.4 is 5.32 Å². The topological polar surface area (TPSA) is 69.6 Å². The number of phenols is 1. The van der Waals surface area contributed by atoms with Gasteiger partial charge in [-0.3, -0.25) is 0 Å². The SMILES string of the molecule is Cc1ccc(NCc2ccc(C(=O)O)cc2)c(C)c1O. The van der Waals surface area contributed by atoms with Crippen LogP contribution in [0.2, 0.25) is 0 Å². The highest BCUT2D eigenvalue weighted by Crippen LogP contribution is 2.28. The molecule has 0 atom stereocenters. The van der Waals surface area contributed by atoms with Crippen molar-refractivity contribution in [2.24, 2.45) is 0 Å². The van der Waals surface area contributed by atoms with E-state index in [0.29, 0.717) is 12.3 Å². The lowest BCUT2D eigenvalue weighted by Gasteiger charge is -2.12. The van der Waals surface area contributed by atoms with E-state index in [1.807, 2.05) is 26.0 Å². The molecule has 3 N–H and O–H groups in total. The van der Waals surface area contributed by atoms with E-state index in [1.54, 1.807) is 24.3 Å². The van der Waals surface area contributed by atoms with Gasteiger partial charge in [0, 0.05) is 17.8 Å². The maximum atomic E-state index is 10.8. The number of anilines is 1. The molecule has 0 fully saturated rings. The fraction of sp³-hybridized carbons (Fsp3) is 0.188. The van der Waals surface area contributed by atoms with Crippen molar-refractivity contribution in [1.82, 2.24) is 0 Å². The maximum absolute atomic E-state index is 10.8. The number of benzene rings is 2. The number of hydrogen-bond acceptors (Lipinski definition) is 3. The molecule has 0 amide bonds. The van der Waals surface area contributed by atoms with Crippen LogP contribution in [-0.2, 0) is 6.54 Å². The van der Waals surface area contributed by atoms with Crippen molar-refractivity contribution >= 4 is 11.7 Å². The van der Waals surface area contributed by atoms with E-state index in [0.717, 1.165) is 22.4 Å². The van der Waals surface area contributed by atoms with Crippen LogP contribution in [0.5, 0.6) is 5.75 Å². The van der Waals surface area contributed by atoms with E-state index < -0.39 is 5.97 Å². The van der Waals surface area contributed by atoms with Crippen LogP contribution in [0.3, 0.4) is 0 Å². The van der Waals surface area contributed by atoms with Crippen LogP contribution in [0.15, 0.2) is 36.4 Å². The predicted octanol–water partition coefficient (Wildman–Crippen LogP) is 3.32. The number of phenolic OH excluding ortho intramolecular Hbond substituents is 1. The van der Waals surface area contributed by atoms with Crippen LogP contribution in [0.4, 0.5) is 5.69 Å².